The summed E-state index contributed by atoms with van der Waals surface area (Å²) in [5.41, 5.74) is 1.19. The molecule has 27 heavy (non-hydrogen) atoms. The summed E-state index contributed by atoms with van der Waals surface area (Å²) in [4.78, 5) is 12.7. The van der Waals surface area contributed by atoms with Crippen LogP contribution in [0.5, 0.6) is 5.75 Å². The van der Waals surface area contributed by atoms with Crippen LogP contribution in [0.1, 0.15) is 44.6 Å². The molecule has 8 heteroatoms. The van der Waals surface area contributed by atoms with Crippen LogP contribution in [0.2, 0.25) is 0 Å². The van der Waals surface area contributed by atoms with Crippen LogP contribution < -0.4 is 10.1 Å². The molecule has 0 radical (unpaired) electrons. The summed E-state index contributed by atoms with van der Waals surface area (Å²) < 4.78 is 35.1. The third kappa shape index (κ3) is 4.50. The summed E-state index contributed by atoms with van der Waals surface area (Å²) in [5.74, 6) is 0.309. The highest BCUT2D eigenvalue weighted by atomic mass is 32.2. The van der Waals surface area contributed by atoms with Crippen LogP contribution in [0.25, 0.3) is 0 Å². The number of hydrogen-bond acceptors (Lipinski definition) is 4. The fourth-order valence-electron chi connectivity index (χ4n) is 3.44. The zero-order valence-corrected chi connectivity index (χ0v) is 16.5. The molecule has 1 saturated carbocycles. The van der Waals surface area contributed by atoms with E-state index in [1.807, 2.05) is 12.1 Å². The van der Waals surface area contributed by atoms with Gasteiger partial charge >= 0.3 is 10.2 Å². The Kier molecular flexibility index (Phi) is 5.84. The number of hydrogen-bond donors (Lipinski definition) is 1. The Hall–Kier alpha value is -2.35. The van der Waals surface area contributed by atoms with E-state index in [1.165, 1.54) is 19.7 Å². The predicted octanol–water partition coefficient (Wildman–Crippen LogP) is 2.55. The molecule has 0 aromatic heterocycles. The molecule has 0 atom stereocenters. The standard InChI is InChI=1S/C19H25N3O4S/c1-14-17(19(23)20-16-9-4-3-5-10-16)13-22(27(24,25)21-14)12-15-8-6-7-11-18(15)26-2/h6-8,11,13,16H,3-5,9-10,12H2,1-2H3,(H,20,23). The molecule has 0 unspecified atom stereocenters. The van der Waals surface area contributed by atoms with Crippen molar-refractivity contribution in [2.75, 3.05) is 7.11 Å². The van der Waals surface area contributed by atoms with Crippen LogP contribution in [0, 0.1) is 0 Å². The summed E-state index contributed by atoms with van der Waals surface area (Å²) in [6.07, 6.45) is 6.69. The Balaban J connectivity index is 1.83. The van der Waals surface area contributed by atoms with Crippen molar-refractivity contribution in [2.45, 2.75) is 51.6 Å². The normalized spacial score (nSPS) is 19.9. The zero-order chi connectivity index (χ0) is 19.4. The van der Waals surface area contributed by atoms with E-state index in [4.69, 9.17) is 4.74 Å². The van der Waals surface area contributed by atoms with Gasteiger partial charge in [-0.2, -0.15) is 8.42 Å². The minimum Gasteiger partial charge on any atom is -0.496 e. The van der Waals surface area contributed by atoms with E-state index in [2.05, 4.69) is 9.71 Å². The van der Waals surface area contributed by atoms with Gasteiger partial charge in [-0.1, -0.05) is 37.5 Å². The maximum Gasteiger partial charge on any atom is 0.344 e. The van der Waals surface area contributed by atoms with E-state index < -0.39 is 10.2 Å². The number of methoxy groups -OCH3 is 1. The van der Waals surface area contributed by atoms with Gasteiger partial charge in [0.1, 0.15) is 5.75 Å². The summed E-state index contributed by atoms with van der Waals surface area (Å²) >= 11 is 0. The monoisotopic (exact) mass is 391 g/mol. The maximum absolute atomic E-state index is 12.7. The number of carbonyl (C=O) groups excluding carboxylic acids is 1. The van der Waals surface area contributed by atoms with Crippen LogP contribution in [0.3, 0.4) is 0 Å². The van der Waals surface area contributed by atoms with Gasteiger partial charge in [0.2, 0.25) is 0 Å². The van der Waals surface area contributed by atoms with Crippen molar-refractivity contribution in [1.29, 1.82) is 0 Å². The Morgan fingerprint density at radius 2 is 1.96 bits per heavy atom. The first-order chi connectivity index (χ1) is 12.9. The summed E-state index contributed by atoms with van der Waals surface area (Å²) in [6.45, 7) is 1.59. The van der Waals surface area contributed by atoms with E-state index in [-0.39, 0.29) is 29.8 Å². The minimum atomic E-state index is -3.89. The lowest BCUT2D eigenvalue weighted by molar-refractivity contribution is -0.117. The van der Waals surface area contributed by atoms with Crippen LogP contribution in [-0.2, 0) is 21.5 Å². The summed E-state index contributed by atoms with van der Waals surface area (Å²) in [7, 11) is -2.35. The minimum absolute atomic E-state index is 0.0450. The van der Waals surface area contributed by atoms with E-state index in [0.717, 1.165) is 30.0 Å². The van der Waals surface area contributed by atoms with Gasteiger partial charge in [0.05, 0.1) is 24.9 Å². The van der Waals surface area contributed by atoms with Gasteiger partial charge in [0, 0.05) is 17.8 Å². The third-order valence-corrected chi connectivity index (χ3v) is 6.25. The molecule has 1 aromatic rings. The number of rotatable bonds is 5. The quantitative estimate of drug-likeness (QED) is 0.835. The molecule has 0 bridgehead atoms. The highest BCUT2D eigenvalue weighted by Gasteiger charge is 2.29. The molecule has 1 N–H and O–H groups in total. The molecule has 1 aliphatic carbocycles. The molecule has 1 fully saturated rings. The van der Waals surface area contributed by atoms with Crippen molar-refractivity contribution < 1.29 is 17.9 Å². The van der Waals surface area contributed by atoms with Crippen molar-refractivity contribution in [2.24, 2.45) is 4.40 Å². The molecule has 3 rings (SSSR count). The fraction of sp³-hybridized carbons (Fsp3) is 0.474. The van der Waals surface area contributed by atoms with Crippen LogP contribution in [0.15, 0.2) is 40.4 Å². The Labute approximate surface area is 160 Å². The zero-order valence-electron chi connectivity index (χ0n) is 15.6. The largest absolute Gasteiger partial charge is 0.496 e. The number of nitrogens with zero attached hydrogens (tertiary/aromatic N) is 2. The first-order valence-corrected chi connectivity index (χ1v) is 10.5. The Morgan fingerprint density at radius 3 is 2.67 bits per heavy atom. The summed E-state index contributed by atoms with van der Waals surface area (Å²) in [5, 5.41) is 3.02. The van der Waals surface area contributed by atoms with E-state index in [1.54, 1.807) is 19.1 Å². The second-order valence-corrected chi connectivity index (χ2v) is 8.41. The van der Waals surface area contributed by atoms with Crippen molar-refractivity contribution in [3.8, 4) is 5.75 Å². The lowest BCUT2D eigenvalue weighted by Crippen LogP contribution is -2.40. The van der Waals surface area contributed by atoms with Crippen LogP contribution >= 0.6 is 0 Å². The highest BCUT2D eigenvalue weighted by Crippen LogP contribution is 2.25. The molecule has 146 valence electrons. The van der Waals surface area contributed by atoms with Crippen molar-refractivity contribution in [1.82, 2.24) is 9.62 Å². The van der Waals surface area contributed by atoms with Gasteiger partial charge in [-0.15, -0.1) is 4.40 Å². The average molecular weight is 391 g/mol. The number of ether oxygens (including phenoxy) is 1. The molecular formula is C19H25N3O4S. The van der Waals surface area contributed by atoms with Gasteiger partial charge < -0.3 is 10.1 Å². The molecule has 1 aliphatic heterocycles. The Bertz CT molecular complexity index is 871. The second-order valence-electron chi connectivity index (χ2n) is 6.86. The average Bonchev–Trinajstić information content (AvgIpc) is 2.64. The van der Waals surface area contributed by atoms with Crippen molar-refractivity contribution in [3.63, 3.8) is 0 Å². The lowest BCUT2D eigenvalue weighted by Gasteiger charge is -2.26. The fourth-order valence-corrected chi connectivity index (χ4v) is 4.53. The second kappa shape index (κ2) is 8.12. The number of amides is 1. The summed E-state index contributed by atoms with van der Waals surface area (Å²) in [6, 6.07) is 7.31. The third-order valence-electron chi connectivity index (χ3n) is 4.92. The van der Waals surface area contributed by atoms with E-state index >= 15 is 0 Å². The van der Waals surface area contributed by atoms with Gasteiger partial charge in [0.15, 0.2) is 0 Å². The maximum atomic E-state index is 12.7. The molecule has 2 aliphatic rings. The number of carbonyl (C=O) groups is 1. The molecular weight excluding hydrogens is 366 g/mol. The highest BCUT2D eigenvalue weighted by molar-refractivity contribution is 7.88. The van der Waals surface area contributed by atoms with Crippen LogP contribution in [-0.4, -0.2) is 37.5 Å². The number of nitrogens with one attached hydrogen (secondary N) is 1. The smallest absolute Gasteiger partial charge is 0.344 e. The van der Waals surface area contributed by atoms with Gasteiger partial charge in [-0.3, -0.25) is 9.10 Å². The molecule has 1 amide bonds. The first kappa shape index (κ1) is 19.4. The van der Waals surface area contributed by atoms with Crippen molar-refractivity contribution >= 4 is 21.8 Å². The van der Waals surface area contributed by atoms with Gasteiger partial charge in [0.25, 0.3) is 5.91 Å². The first-order valence-electron chi connectivity index (χ1n) is 9.14. The van der Waals surface area contributed by atoms with E-state index in [9.17, 15) is 13.2 Å². The Morgan fingerprint density at radius 1 is 1.26 bits per heavy atom. The molecule has 0 saturated heterocycles. The van der Waals surface area contributed by atoms with Gasteiger partial charge in [-0.05, 0) is 25.8 Å². The van der Waals surface area contributed by atoms with Crippen molar-refractivity contribution in [3.05, 3.63) is 41.6 Å². The lowest BCUT2D eigenvalue weighted by atomic mass is 9.95. The number of benzene rings is 1. The topological polar surface area (TPSA) is 88.1 Å². The molecule has 1 heterocycles. The van der Waals surface area contributed by atoms with E-state index in [0.29, 0.717) is 11.3 Å². The SMILES string of the molecule is COc1ccccc1CN1C=C(C(=O)NC2CCCCC2)C(C)=NS1(=O)=O. The van der Waals surface area contributed by atoms with Crippen LogP contribution in [0.4, 0.5) is 0 Å². The molecule has 0 spiro atoms. The predicted molar refractivity (Wildman–Crippen MR) is 104 cm³/mol. The van der Waals surface area contributed by atoms with Gasteiger partial charge in [-0.25, -0.2) is 0 Å². The molecule has 7 nitrogen and oxygen atoms in total. The number of para-hydroxylation sites is 1. The molecule has 1 aromatic carbocycles.